The number of rotatable bonds is 5. The van der Waals surface area contributed by atoms with Crippen molar-refractivity contribution in [2.45, 2.75) is 38.0 Å². The maximum atomic E-state index is 6.39. The van der Waals surface area contributed by atoms with Crippen LogP contribution in [0, 0.1) is 5.92 Å². The highest BCUT2D eigenvalue weighted by molar-refractivity contribution is 5.15. The molecule has 2 aliphatic rings. The number of hydrogen-bond acceptors (Lipinski definition) is 5. The largest absolute Gasteiger partial charge is 0.489 e. The monoisotopic (exact) mass is 342 g/mol. The lowest BCUT2D eigenvalue weighted by Crippen LogP contribution is -2.40. The summed E-state index contributed by atoms with van der Waals surface area (Å²) in [5, 5.41) is 4.27. The predicted octanol–water partition coefficient (Wildman–Crippen LogP) is 2.26. The normalized spacial score (nSPS) is 29.5. The molecule has 3 atom stereocenters. The molecule has 4 heterocycles. The molecule has 0 aliphatic carbocycles. The number of pyridine rings is 1. The standard InChI is InChI=1S/C19H26N4O2/c1-19(14-24-17-4-3-6-20-10-17)8-16-13-23(7-5-18(16)25-19)12-15-9-21-22(2)11-15/h3-4,6,9-11,16,18H,5,7-8,12-14H2,1-2H3/t16-,18+,19-/m1/s1. The molecule has 0 spiro atoms. The molecule has 25 heavy (non-hydrogen) atoms. The Morgan fingerprint density at radius 3 is 3.08 bits per heavy atom. The van der Waals surface area contributed by atoms with Crippen LogP contribution in [0.1, 0.15) is 25.3 Å². The highest BCUT2D eigenvalue weighted by Crippen LogP contribution is 2.39. The van der Waals surface area contributed by atoms with Crippen LogP contribution in [0.4, 0.5) is 0 Å². The molecule has 6 nitrogen and oxygen atoms in total. The van der Waals surface area contributed by atoms with E-state index in [1.165, 1.54) is 5.56 Å². The molecule has 4 rings (SSSR count). The van der Waals surface area contributed by atoms with Gasteiger partial charge in [0, 0.05) is 50.6 Å². The van der Waals surface area contributed by atoms with Crippen molar-refractivity contribution in [2.75, 3.05) is 19.7 Å². The van der Waals surface area contributed by atoms with Gasteiger partial charge in [-0.2, -0.15) is 5.10 Å². The second kappa shape index (κ2) is 6.77. The lowest BCUT2D eigenvalue weighted by Gasteiger charge is -2.33. The summed E-state index contributed by atoms with van der Waals surface area (Å²) in [5.74, 6) is 1.38. The van der Waals surface area contributed by atoms with Gasteiger partial charge in [0.25, 0.3) is 0 Å². The van der Waals surface area contributed by atoms with E-state index >= 15 is 0 Å². The van der Waals surface area contributed by atoms with Crippen LogP contribution in [0.5, 0.6) is 5.75 Å². The Balaban J connectivity index is 1.33. The van der Waals surface area contributed by atoms with Gasteiger partial charge in [-0.1, -0.05) is 0 Å². The number of fused-ring (bicyclic) bond motifs is 1. The van der Waals surface area contributed by atoms with Gasteiger partial charge in [0.2, 0.25) is 0 Å². The fourth-order valence-corrected chi connectivity index (χ4v) is 4.12. The number of piperidine rings is 1. The van der Waals surface area contributed by atoms with Crippen LogP contribution in [0.25, 0.3) is 0 Å². The number of aromatic nitrogens is 3. The molecule has 0 N–H and O–H groups in total. The Morgan fingerprint density at radius 2 is 2.32 bits per heavy atom. The van der Waals surface area contributed by atoms with Crippen molar-refractivity contribution in [3.63, 3.8) is 0 Å². The predicted molar refractivity (Wildman–Crippen MR) is 94.2 cm³/mol. The minimum atomic E-state index is -0.213. The summed E-state index contributed by atoms with van der Waals surface area (Å²) in [6, 6.07) is 3.83. The van der Waals surface area contributed by atoms with Gasteiger partial charge in [-0.3, -0.25) is 14.6 Å². The molecular formula is C19H26N4O2. The van der Waals surface area contributed by atoms with Gasteiger partial charge in [-0.25, -0.2) is 0 Å². The lowest BCUT2D eigenvalue weighted by molar-refractivity contribution is -0.0698. The molecule has 2 aromatic heterocycles. The second-order valence-electron chi connectivity index (χ2n) is 7.59. The molecule has 6 heteroatoms. The first-order valence-corrected chi connectivity index (χ1v) is 9.00. The highest BCUT2D eigenvalue weighted by atomic mass is 16.6. The first kappa shape index (κ1) is 16.5. The Morgan fingerprint density at radius 1 is 1.40 bits per heavy atom. The average molecular weight is 342 g/mol. The summed E-state index contributed by atoms with van der Waals surface area (Å²) in [7, 11) is 1.97. The van der Waals surface area contributed by atoms with Gasteiger partial charge in [-0.15, -0.1) is 0 Å². The van der Waals surface area contributed by atoms with Crippen LogP contribution in [0.3, 0.4) is 0 Å². The van der Waals surface area contributed by atoms with Crippen LogP contribution in [-0.4, -0.2) is 51.1 Å². The van der Waals surface area contributed by atoms with E-state index in [-0.39, 0.29) is 5.60 Å². The zero-order valence-electron chi connectivity index (χ0n) is 15.0. The van der Waals surface area contributed by atoms with Gasteiger partial charge in [-0.05, 0) is 31.9 Å². The van der Waals surface area contributed by atoms with Crippen LogP contribution in [0.2, 0.25) is 0 Å². The third kappa shape index (κ3) is 3.85. The summed E-state index contributed by atoms with van der Waals surface area (Å²) in [6.45, 7) is 5.89. The van der Waals surface area contributed by atoms with Crippen molar-refractivity contribution in [3.05, 3.63) is 42.5 Å². The maximum Gasteiger partial charge on any atom is 0.137 e. The first-order chi connectivity index (χ1) is 12.1. The third-order valence-corrected chi connectivity index (χ3v) is 5.22. The quantitative estimate of drug-likeness (QED) is 0.834. The van der Waals surface area contributed by atoms with Gasteiger partial charge in [0.1, 0.15) is 18.0 Å². The minimum absolute atomic E-state index is 0.213. The number of aryl methyl sites for hydroxylation is 1. The molecule has 0 saturated carbocycles. The van der Waals surface area contributed by atoms with Crippen LogP contribution in [-0.2, 0) is 18.3 Å². The van der Waals surface area contributed by atoms with E-state index in [1.54, 1.807) is 12.4 Å². The number of likely N-dealkylation sites (tertiary alicyclic amines) is 1. The summed E-state index contributed by atoms with van der Waals surface area (Å²) in [4.78, 5) is 6.62. The van der Waals surface area contributed by atoms with Gasteiger partial charge >= 0.3 is 0 Å². The highest BCUT2D eigenvalue weighted by Gasteiger charge is 2.46. The van der Waals surface area contributed by atoms with Crippen molar-refractivity contribution in [3.8, 4) is 5.75 Å². The Kier molecular flexibility index (Phi) is 4.48. The van der Waals surface area contributed by atoms with E-state index in [4.69, 9.17) is 9.47 Å². The summed E-state index contributed by atoms with van der Waals surface area (Å²) >= 11 is 0. The Hall–Kier alpha value is -1.92. The molecular weight excluding hydrogens is 316 g/mol. The Bertz CT molecular complexity index is 704. The molecule has 0 unspecified atom stereocenters. The first-order valence-electron chi connectivity index (χ1n) is 9.00. The van der Waals surface area contributed by atoms with E-state index in [2.05, 4.69) is 28.1 Å². The molecule has 2 aliphatic heterocycles. The van der Waals surface area contributed by atoms with Crippen molar-refractivity contribution in [2.24, 2.45) is 13.0 Å². The van der Waals surface area contributed by atoms with E-state index < -0.39 is 0 Å². The van der Waals surface area contributed by atoms with Crippen LogP contribution < -0.4 is 4.74 Å². The molecule has 0 amide bonds. The molecule has 134 valence electrons. The SMILES string of the molecule is Cn1cc(CN2CC[C@@H]3O[C@@](C)(COc4cccnc4)C[C@@H]3C2)cn1. The molecule has 0 radical (unpaired) electrons. The fraction of sp³-hybridized carbons (Fsp3) is 0.579. The summed E-state index contributed by atoms with van der Waals surface area (Å²) in [6.07, 6.45) is 10.1. The third-order valence-electron chi connectivity index (χ3n) is 5.22. The van der Waals surface area contributed by atoms with Gasteiger partial charge in [0.15, 0.2) is 0 Å². The summed E-state index contributed by atoms with van der Waals surface area (Å²) in [5.41, 5.74) is 1.07. The van der Waals surface area contributed by atoms with Crippen LogP contribution >= 0.6 is 0 Å². The number of nitrogens with zero attached hydrogens (tertiary/aromatic N) is 4. The van der Waals surface area contributed by atoms with E-state index in [1.807, 2.05) is 30.1 Å². The lowest BCUT2D eigenvalue weighted by atomic mass is 9.89. The average Bonchev–Trinajstić information content (AvgIpc) is 3.16. The molecule has 2 saturated heterocycles. The van der Waals surface area contributed by atoms with E-state index in [0.29, 0.717) is 18.6 Å². The zero-order chi connectivity index (χ0) is 17.3. The summed E-state index contributed by atoms with van der Waals surface area (Å²) < 4.78 is 14.2. The van der Waals surface area contributed by atoms with E-state index in [0.717, 1.165) is 38.2 Å². The number of hydrogen-bond donors (Lipinski definition) is 0. The fourth-order valence-electron chi connectivity index (χ4n) is 4.12. The second-order valence-corrected chi connectivity index (χ2v) is 7.59. The molecule has 0 aromatic carbocycles. The molecule has 2 aromatic rings. The Labute approximate surface area is 148 Å². The van der Waals surface area contributed by atoms with Crippen molar-refractivity contribution >= 4 is 0 Å². The minimum Gasteiger partial charge on any atom is -0.489 e. The molecule has 0 bridgehead atoms. The van der Waals surface area contributed by atoms with Crippen molar-refractivity contribution in [1.29, 1.82) is 0 Å². The van der Waals surface area contributed by atoms with Gasteiger partial charge < -0.3 is 9.47 Å². The zero-order valence-corrected chi connectivity index (χ0v) is 15.0. The van der Waals surface area contributed by atoms with Crippen LogP contribution in [0.15, 0.2) is 36.9 Å². The topological polar surface area (TPSA) is 52.4 Å². The maximum absolute atomic E-state index is 6.39. The molecule has 2 fully saturated rings. The smallest absolute Gasteiger partial charge is 0.137 e. The number of ether oxygens (including phenoxy) is 2. The van der Waals surface area contributed by atoms with Crippen molar-refractivity contribution in [1.82, 2.24) is 19.7 Å². The van der Waals surface area contributed by atoms with Crippen molar-refractivity contribution < 1.29 is 9.47 Å². The van der Waals surface area contributed by atoms with E-state index in [9.17, 15) is 0 Å². The van der Waals surface area contributed by atoms with Gasteiger partial charge in [0.05, 0.1) is 18.5 Å².